The molecule has 1 heterocycles. The summed E-state index contributed by atoms with van der Waals surface area (Å²) in [6.07, 6.45) is 2.66. The summed E-state index contributed by atoms with van der Waals surface area (Å²) in [5.74, 6) is 0.626. The maximum Gasteiger partial charge on any atom is 0.233 e. The summed E-state index contributed by atoms with van der Waals surface area (Å²) in [5.41, 5.74) is 0. The van der Waals surface area contributed by atoms with Crippen LogP contribution >= 0.6 is 15.9 Å². The zero-order valence-electron chi connectivity index (χ0n) is 9.63. The number of halogens is 1. The minimum absolute atomic E-state index is 0.0864. The lowest BCUT2D eigenvalue weighted by Gasteiger charge is -2.20. The number of carbonyl (C=O) groups is 1. The first-order valence-corrected chi connectivity index (χ1v) is 6.65. The number of likely N-dealkylation sites (tertiary alicyclic amines) is 1. The molecular formula is C11H21BrN2O. The third kappa shape index (κ3) is 4.98. The normalized spacial score (nSPS) is 21.3. The summed E-state index contributed by atoms with van der Waals surface area (Å²) in [5, 5.41) is 2.94. The van der Waals surface area contributed by atoms with Crippen LogP contribution in [0.25, 0.3) is 0 Å². The molecule has 88 valence electrons. The third-order valence-corrected chi connectivity index (χ3v) is 3.17. The standard InChI is InChI=1S/C11H21BrN2O/c1-9(7-13-11(15)10(2)12)8-14-5-3-4-6-14/h9-10H,3-8H2,1-2H3,(H,13,15). The fourth-order valence-electron chi connectivity index (χ4n) is 1.89. The number of hydrogen-bond acceptors (Lipinski definition) is 2. The predicted molar refractivity (Wildman–Crippen MR) is 66.2 cm³/mol. The van der Waals surface area contributed by atoms with E-state index in [2.05, 4.69) is 33.1 Å². The van der Waals surface area contributed by atoms with Gasteiger partial charge in [0.1, 0.15) is 0 Å². The summed E-state index contributed by atoms with van der Waals surface area (Å²) < 4.78 is 0. The molecule has 3 nitrogen and oxygen atoms in total. The van der Waals surface area contributed by atoms with Crippen molar-refractivity contribution in [3.8, 4) is 0 Å². The van der Waals surface area contributed by atoms with E-state index in [1.165, 1.54) is 25.9 Å². The molecule has 0 saturated carbocycles. The molecule has 0 aromatic rings. The van der Waals surface area contributed by atoms with Gasteiger partial charge in [-0.2, -0.15) is 0 Å². The van der Waals surface area contributed by atoms with E-state index in [9.17, 15) is 4.79 Å². The van der Waals surface area contributed by atoms with E-state index in [0.717, 1.165) is 13.1 Å². The maximum absolute atomic E-state index is 11.3. The van der Waals surface area contributed by atoms with Crippen molar-refractivity contribution in [1.82, 2.24) is 10.2 Å². The highest BCUT2D eigenvalue weighted by molar-refractivity contribution is 9.10. The van der Waals surface area contributed by atoms with Gasteiger partial charge in [-0.05, 0) is 38.8 Å². The fourth-order valence-corrected chi connectivity index (χ4v) is 2.05. The molecule has 0 aromatic carbocycles. The van der Waals surface area contributed by atoms with Gasteiger partial charge in [0.2, 0.25) is 5.91 Å². The molecule has 0 aromatic heterocycles. The number of alkyl halides is 1. The Morgan fingerprint density at radius 3 is 2.53 bits per heavy atom. The minimum atomic E-state index is -0.0866. The van der Waals surface area contributed by atoms with Crippen molar-refractivity contribution in [1.29, 1.82) is 0 Å². The second kappa shape index (κ2) is 6.48. The van der Waals surface area contributed by atoms with E-state index < -0.39 is 0 Å². The topological polar surface area (TPSA) is 32.3 Å². The molecule has 4 heteroatoms. The van der Waals surface area contributed by atoms with Crippen LogP contribution in [0.4, 0.5) is 0 Å². The Labute approximate surface area is 101 Å². The maximum atomic E-state index is 11.3. The van der Waals surface area contributed by atoms with Gasteiger partial charge < -0.3 is 10.2 Å². The Kier molecular flexibility index (Phi) is 5.61. The van der Waals surface area contributed by atoms with E-state index in [-0.39, 0.29) is 10.7 Å². The van der Waals surface area contributed by atoms with Crippen LogP contribution < -0.4 is 5.32 Å². The number of amides is 1. The molecule has 1 amide bonds. The van der Waals surface area contributed by atoms with Crippen LogP contribution in [0.2, 0.25) is 0 Å². The van der Waals surface area contributed by atoms with Crippen LogP contribution in [0.15, 0.2) is 0 Å². The van der Waals surface area contributed by atoms with Crippen molar-refractivity contribution in [2.75, 3.05) is 26.2 Å². The van der Waals surface area contributed by atoms with Crippen LogP contribution in [0.5, 0.6) is 0 Å². The zero-order chi connectivity index (χ0) is 11.3. The quantitative estimate of drug-likeness (QED) is 0.774. The number of nitrogens with zero attached hydrogens (tertiary/aromatic N) is 1. The molecule has 1 N–H and O–H groups in total. The van der Waals surface area contributed by atoms with Crippen LogP contribution in [0, 0.1) is 5.92 Å². The van der Waals surface area contributed by atoms with Crippen LogP contribution in [-0.2, 0) is 4.79 Å². The van der Waals surface area contributed by atoms with Crippen molar-refractivity contribution in [3.05, 3.63) is 0 Å². The monoisotopic (exact) mass is 276 g/mol. The van der Waals surface area contributed by atoms with Gasteiger partial charge in [0.25, 0.3) is 0 Å². The Hall–Kier alpha value is -0.0900. The van der Waals surface area contributed by atoms with Gasteiger partial charge in [-0.3, -0.25) is 4.79 Å². The highest BCUT2D eigenvalue weighted by Gasteiger charge is 2.15. The first-order valence-electron chi connectivity index (χ1n) is 5.73. The second-order valence-electron chi connectivity index (χ2n) is 4.47. The molecule has 1 aliphatic rings. The Bertz CT molecular complexity index is 203. The van der Waals surface area contributed by atoms with Gasteiger partial charge in [0.05, 0.1) is 4.83 Å². The lowest BCUT2D eigenvalue weighted by molar-refractivity contribution is -0.120. The molecular weight excluding hydrogens is 256 g/mol. The van der Waals surface area contributed by atoms with Crippen molar-refractivity contribution < 1.29 is 4.79 Å². The third-order valence-electron chi connectivity index (χ3n) is 2.75. The first kappa shape index (κ1) is 13.0. The van der Waals surface area contributed by atoms with Crippen molar-refractivity contribution in [2.24, 2.45) is 5.92 Å². The van der Waals surface area contributed by atoms with Crippen LogP contribution in [0.3, 0.4) is 0 Å². The van der Waals surface area contributed by atoms with Crippen molar-refractivity contribution in [3.63, 3.8) is 0 Å². The SMILES string of the molecule is CC(CNC(=O)C(C)Br)CN1CCCC1. The molecule has 1 rings (SSSR count). The lowest BCUT2D eigenvalue weighted by Crippen LogP contribution is -2.36. The van der Waals surface area contributed by atoms with E-state index in [1.807, 2.05) is 6.92 Å². The minimum Gasteiger partial charge on any atom is -0.355 e. The summed E-state index contributed by atoms with van der Waals surface area (Å²) in [6, 6.07) is 0. The zero-order valence-corrected chi connectivity index (χ0v) is 11.2. The largest absolute Gasteiger partial charge is 0.355 e. The van der Waals surface area contributed by atoms with Crippen molar-refractivity contribution in [2.45, 2.75) is 31.5 Å². The molecule has 1 saturated heterocycles. The smallest absolute Gasteiger partial charge is 0.233 e. The van der Waals surface area contributed by atoms with Gasteiger partial charge in [0, 0.05) is 13.1 Å². The molecule has 0 aliphatic carbocycles. The van der Waals surface area contributed by atoms with E-state index >= 15 is 0 Å². The summed E-state index contributed by atoms with van der Waals surface area (Å²) in [7, 11) is 0. The molecule has 0 radical (unpaired) electrons. The predicted octanol–water partition coefficient (Wildman–Crippen LogP) is 1.62. The summed E-state index contributed by atoms with van der Waals surface area (Å²) >= 11 is 3.26. The van der Waals surface area contributed by atoms with E-state index in [1.54, 1.807) is 0 Å². The Morgan fingerprint density at radius 2 is 2.00 bits per heavy atom. The van der Waals surface area contributed by atoms with Gasteiger partial charge >= 0.3 is 0 Å². The molecule has 0 bridgehead atoms. The van der Waals surface area contributed by atoms with E-state index in [4.69, 9.17) is 0 Å². The molecule has 2 atom stereocenters. The molecule has 1 aliphatic heterocycles. The van der Waals surface area contributed by atoms with Crippen LogP contribution in [-0.4, -0.2) is 41.8 Å². The number of carbonyl (C=O) groups excluding carboxylic acids is 1. The Morgan fingerprint density at radius 1 is 1.40 bits per heavy atom. The number of hydrogen-bond donors (Lipinski definition) is 1. The molecule has 15 heavy (non-hydrogen) atoms. The van der Waals surface area contributed by atoms with Gasteiger partial charge in [-0.1, -0.05) is 22.9 Å². The van der Waals surface area contributed by atoms with Gasteiger partial charge in [-0.15, -0.1) is 0 Å². The molecule has 1 fully saturated rings. The highest BCUT2D eigenvalue weighted by atomic mass is 79.9. The first-order chi connectivity index (χ1) is 7.09. The van der Waals surface area contributed by atoms with Gasteiger partial charge in [0.15, 0.2) is 0 Å². The molecule has 0 spiro atoms. The average molecular weight is 277 g/mol. The number of nitrogens with one attached hydrogen (secondary N) is 1. The average Bonchev–Trinajstić information content (AvgIpc) is 2.66. The number of rotatable bonds is 5. The highest BCUT2D eigenvalue weighted by Crippen LogP contribution is 2.09. The van der Waals surface area contributed by atoms with Crippen LogP contribution in [0.1, 0.15) is 26.7 Å². The van der Waals surface area contributed by atoms with E-state index in [0.29, 0.717) is 5.92 Å². The summed E-state index contributed by atoms with van der Waals surface area (Å²) in [6.45, 7) is 8.39. The molecule has 2 unspecified atom stereocenters. The Balaban J connectivity index is 2.12. The lowest BCUT2D eigenvalue weighted by atomic mass is 10.1. The van der Waals surface area contributed by atoms with Gasteiger partial charge in [-0.25, -0.2) is 0 Å². The van der Waals surface area contributed by atoms with Crippen molar-refractivity contribution >= 4 is 21.8 Å². The second-order valence-corrected chi connectivity index (χ2v) is 5.85. The summed E-state index contributed by atoms with van der Waals surface area (Å²) in [4.78, 5) is 13.7. The fraction of sp³-hybridized carbons (Fsp3) is 0.909.